The second kappa shape index (κ2) is 4.25. The van der Waals surface area contributed by atoms with Crippen molar-refractivity contribution in [2.45, 2.75) is 25.2 Å². The van der Waals surface area contributed by atoms with Gasteiger partial charge in [-0.25, -0.2) is 4.79 Å². The number of carbonyl (C=O) groups is 1. The van der Waals surface area contributed by atoms with Crippen LogP contribution in [0.25, 0.3) is 11.4 Å². The molecule has 1 aliphatic carbocycles. The van der Waals surface area contributed by atoms with Crippen LogP contribution in [-0.2, 0) is 0 Å². The number of carboxylic acids is 1. The highest BCUT2D eigenvalue weighted by Gasteiger charge is 2.25. The zero-order valence-electron chi connectivity index (χ0n) is 9.67. The predicted molar refractivity (Wildman–Crippen MR) is 63.3 cm³/mol. The Bertz CT molecular complexity index is 587. The van der Waals surface area contributed by atoms with E-state index in [1.54, 1.807) is 24.3 Å². The van der Waals surface area contributed by atoms with Crippen LogP contribution in [0.1, 0.15) is 41.4 Å². The van der Waals surface area contributed by atoms with Crippen molar-refractivity contribution in [2.24, 2.45) is 0 Å². The predicted octanol–water partition coefficient (Wildman–Crippen LogP) is 2.70. The smallest absolute Gasteiger partial charge is 0.335 e. The summed E-state index contributed by atoms with van der Waals surface area (Å²) in [6, 6.07) is 6.55. The molecule has 0 radical (unpaired) electrons. The van der Waals surface area contributed by atoms with E-state index in [0.29, 0.717) is 23.2 Å². The summed E-state index contributed by atoms with van der Waals surface area (Å²) in [5, 5.41) is 12.8. The number of aromatic carboxylic acids is 1. The first-order valence-electron chi connectivity index (χ1n) is 5.91. The average molecular weight is 244 g/mol. The Morgan fingerprint density at radius 1 is 1.39 bits per heavy atom. The quantitative estimate of drug-likeness (QED) is 0.898. The van der Waals surface area contributed by atoms with Gasteiger partial charge >= 0.3 is 5.97 Å². The number of aromatic nitrogens is 2. The molecule has 18 heavy (non-hydrogen) atoms. The number of benzene rings is 1. The van der Waals surface area contributed by atoms with Gasteiger partial charge in [0.25, 0.3) is 0 Å². The Balaban J connectivity index is 1.91. The molecule has 0 amide bonds. The van der Waals surface area contributed by atoms with Crippen molar-refractivity contribution in [1.82, 2.24) is 10.1 Å². The van der Waals surface area contributed by atoms with Crippen molar-refractivity contribution >= 4 is 5.97 Å². The SMILES string of the molecule is O=C(O)c1cccc(-c2noc(C3CCC3)n2)c1. The lowest BCUT2D eigenvalue weighted by Crippen LogP contribution is -2.08. The number of carboxylic acid groups (broad SMARTS) is 1. The second-order valence-electron chi connectivity index (χ2n) is 4.47. The van der Waals surface area contributed by atoms with Crippen LogP contribution < -0.4 is 0 Å². The fraction of sp³-hybridized carbons (Fsp3) is 0.308. The van der Waals surface area contributed by atoms with E-state index in [4.69, 9.17) is 9.63 Å². The van der Waals surface area contributed by atoms with Crippen LogP contribution in [-0.4, -0.2) is 21.2 Å². The van der Waals surface area contributed by atoms with Crippen LogP contribution in [0.5, 0.6) is 0 Å². The van der Waals surface area contributed by atoms with Gasteiger partial charge in [0.2, 0.25) is 11.7 Å². The van der Waals surface area contributed by atoms with E-state index >= 15 is 0 Å². The van der Waals surface area contributed by atoms with E-state index in [0.717, 1.165) is 12.8 Å². The molecule has 1 fully saturated rings. The molecule has 92 valence electrons. The maximum absolute atomic E-state index is 10.9. The number of nitrogens with zero attached hydrogens (tertiary/aromatic N) is 2. The molecule has 3 rings (SSSR count). The molecule has 1 N–H and O–H groups in total. The fourth-order valence-corrected chi connectivity index (χ4v) is 1.96. The van der Waals surface area contributed by atoms with Crippen LogP contribution in [0.4, 0.5) is 0 Å². The first-order valence-corrected chi connectivity index (χ1v) is 5.91. The third-order valence-corrected chi connectivity index (χ3v) is 3.26. The maximum Gasteiger partial charge on any atom is 0.335 e. The molecule has 1 aliphatic rings. The molecule has 0 atom stereocenters. The molecule has 1 heterocycles. The molecule has 2 aromatic rings. The van der Waals surface area contributed by atoms with Gasteiger partial charge in [0, 0.05) is 11.5 Å². The van der Waals surface area contributed by atoms with Gasteiger partial charge in [-0.15, -0.1) is 0 Å². The van der Waals surface area contributed by atoms with Crippen molar-refractivity contribution in [3.05, 3.63) is 35.7 Å². The lowest BCUT2D eigenvalue weighted by molar-refractivity contribution is 0.0697. The van der Waals surface area contributed by atoms with Crippen LogP contribution in [0, 0.1) is 0 Å². The molecule has 5 heteroatoms. The number of hydrogen-bond donors (Lipinski definition) is 1. The van der Waals surface area contributed by atoms with Crippen molar-refractivity contribution in [1.29, 1.82) is 0 Å². The first-order chi connectivity index (χ1) is 8.74. The summed E-state index contributed by atoms with van der Waals surface area (Å²) in [6.07, 6.45) is 3.39. The Hall–Kier alpha value is -2.17. The minimum atomic E-state index is -0.959. The molecule has 1 saturated carbocycles. The van der Waals surface area contributed by atoms with E-state index in [2.05, 4.69) is 10.1 Å². The number of hydrogen-bond acceptors (Lipinski definition) is 4. The normalized spacial score (nSPS) is 15.3. The van der Waals surface area contributed by atoms with Crippen LogP contribution >= 0.6 is 0 Å². The highest BCUT2D eigenvalue weighted by Crippen LogP contribution is 2.35. The summed E-state index contributed by atoms with van der Waals surface area (Å²) < 4.78 is 5.21. The van der Waals surface area contributed by atoms with Gasteiger partial charge in [0.15, 0.2) is 0 Å². The fourth-order valence-electron chi connectivity index (χ4n) is 1.96. The van der Waals surface area contributed by atoms with Crippen LogP contribution in [0.3, 0.4) is 0 Å². The Morgan fingerprint density at radius 3 is 2.89 bits per heavy atom. The second-order valence-corrected chi connectivity index (χ2v) is 4.47. The Kier molecular flexibility index (Phi) is 2.59. The lowest BCUT2D eigenvalue weighted by atomic mass is 9.85. The first kappa shape index (κ1) is 11.0. The highest BCUT2D eigenvalue weighted by atomic mass is 16.5. The number of rotatable bonds is 3. The largest absolute Gasteiger partial charge is 0.478 e. The van der Waals surface area contributed by atoms with Gasteiger partial charge in [0.1, 0.15) is 0 Å². The zero-order chi connectivity index (χ0) is 12.5. The molecule has 0 spiro atoms. The average Bonchev–Trinajstić information content (AvgIpc) is 2.76. The van der Waals surface area contributed by atoms with Gasteiger partial charge in [-0.3, -0.25) is 0 Å². The van der Waals surface area contributed by atoms with Crippen molar-refractivity contribution in [2.75, 3.05) is 0 Å². The summed E-state index contributed by atoms with van der Waals surface area (Å²) in [5.41, 5.74) is 0.895. The van der Waals surface area contributed by atoms with Crippen LogP contribution in [0.2, 0.25) is 0 Å². The van der Waals surface area contributed by atoms with E-state index in [9.17, 15) is 4.79 Å². The standard InChI is InChI=1S/C13H12N2O3/c16-13(17)10-6-2-5-9(7-10)11-14-12(18-15-11)8-3-1-4-8/h2,5-8H,1,3-4H2,(H,16,17). The van der Waals surface area contributed by atoms with E-state index in [1.807, 2.05) is 0 Å². The topological polar surface area (TPSA) is 76.2 Å². The molecule has 1 aromatic carbocycles. The molecule has 0 saturated heterocycles. The summed E-state index contributed by atoms with van der Waals surface area (Å²) in [4.78, 5) is 15.2. The lowest BCUT2D eigenvalue weighted by Gasteiger charge is -2.20. The molecular formula is C13H12N2O3. The third-order valence-electron chi connectivity index (χ3n) is 3.26. The third kappa shape index (κ3) is 1.88. The van der Waals surface area contributed by atoms with Gasteiger partial charge in [-0.1, -0.05) is 23.7 Å². The van der Waals surface area contributed by atoms with Gasteiger partial charge in [-0.2, -0.15) is 4.98 Å². The zero-order valence-corrected chi connectivity index (χ0v) is 9.67. The molecular weight excluding hydrogens is 232 g/mol. The minimum absolute atomic E-state index is 0.225. The Morgan fingerprint density at radius 2 is 2.22 bits per heavy atom. The summed E-state index contributed by atoms with van der Waals surface area (Å²) in [5.74, 6) is 0.547. The van der Waals surface area contributed by atoms with E-state index in [1.165, 1.54) is 6.42 Å². The molecule has 5 nitrogen and oxygen atoms in total. The van der Waals surface area contributed by atoms with E-state index < -0.39 is 5.97 Å². The summed E-state index contributed by atoms with van der Waals surface area (Å²) >= 11 is 0. The Labute approximate surface area is 103 Å². The highest BCUT2D eigenvalue weighted by molar-refractivity contribution is 5.89. The minimum Gasteiger partial charge on any atom is -0.478 e. The summed E-state index contributed by atoms with van der Waals surface area (Å²) in [6.45, 7) is 0. The maximum atomic E-state index is 10.9. The van der Waals surface area contributed by atoms with Gasteiger partial charge < -0.3 is 9.63 Å². The van der Waals surface area contributed by atoms with Gasteiger partial charge in [0.05, 0.1) is 5.56 Å². The monoisotopic (exact) mass is 244 g/mol. The van der Waals surface area contributed by atoms with Crippen LogP contribution in [0.15, 0.2) is 28.8 Å². The molecule has 0 aliphatic heterocycles. The van der Waals surface area contributed by atoms with Gasteiger partial charge in [-0.05, 0) is 25.0 Å². The summed E-state index contributed by atoms with van der Waals surface area (Å²) in [7, 11) is 0. The molecule has 0 bridgehead atoms. The van der Waals surface area contributed by atoms with Crippen molar-refractivity contribution in [3.8, 4) is 11.4 Å². The molecule has 0 unspecified atom stereocenters. The van der Waals surface area contributed by atoms with E-state index in [-0.39, 0.29) is 5.56 Å². The van der Waals surface area contributed by atoms with Crippen molar-refractivity contribution < 1.29 is 14.4 Å². The van der Waals surface area contributed by atoms with Crippen molar-refractivity contribution in [3.63, 3.8) is 0 Å². The molecule has 1 aromatic heterocycles.